The Morgan fingerprint density at radius 2 is 1.88 bits per heavy atom. The Bertz CT molecular complexity index is 732. The number of rotatable bonds is 7. The Kier molecular flexibility index (Phi) is 7.49. The molecule has 6 nitrogen and oxygen atoms in total. The second kappa shape index (κ2) is 10.1. The predicted octanol–water partition coefficient (Wildman–Crippen LogP) is 2.57. The summed E-state index contributed by atoms with van der Waals surface area (Å²) in [5.74, 6) is 1.25. The number of aryl methyl sites for hydroxylation is 1. The number of nitrogens with one attached hydrogen (secondary N) is 3. The second-order valence-corrected chi connectivity index (χ2v) is 5.97. The van der Waals surface area contributed by atoms with Crippen molar-refractivity contribution in [1.82, 2.24) is 10.6 Å². The third-order valence-electron chi connectivity index (χ3n) is 3.58. The van der Waals surface area contributed by atoms with Crippen LogP contribution < -0.4 is 20.7 Å². The molecule has 1 unspecified atom stereocenters. The number of benzene rings is 2. The Labute approximate surface area is 154 Å². The minimum absolute atomic E-state index is 0.0477. The Balaban J connectivity index is 1.72. The van der Waals surface area contributed by atoms with Gasteiger partial charge in [-0.2, -0.15) is 0 Å². The van der Waals surface area contributed by atoms with E-state index in [0.29, 0.717) is 12.5 Å². The maximum Gasteiger partial charge on any atom is 0.243 e. The van der Waals surface area contributed by atoms with Crippen LogP contribution in [0.2, 0.25) is 0 Å². The van der Waals surface area contributed by atoms with Gasteiger partial charge in [-0.05, 0) is 43.7 Å². The van der Waals surface area contributed by atoms with Gasteiger partial charge in [-0.3, -0.25) is 9.79 Å². The van der Waals surface area contributed by atoms with Gasteiger partial charge in [0.15, 0.2) is 5.96 Å². The number of nitrogens with zero attached hydrogens (tertiary/aromatic N) is 1. The lowest BCUT2D eigenvalue weighted by Crippen LogP contribution is -2.44. The number of hydrogen-bond acceptors (Lipinski definition) is 3. The molecule has 0 aliphatic rings. The maximum absolute atomic E-state index is 12.0. The third kappa shape index (κ3) is 6.84. The van der Waals surface area contributed by atoms with E-state index in [-0.39, 0.29) is 18.6 Å². The van der Waals surface area contributed by atoms with Crippen LogP contribution in [-0.4, -0.2) is 38.1 Å². The molecular formula is C20H26N4O2. The van der Waals surface area contributed by atoms with Crippen molar-refractivity contribution in [2.75, 3.05) is 25.5 Å². The van der Waals surface area contributed by atoms with Crippen LogP contribution in [0.25, 0.3) is 0 Å². The van der Waals surface area contributed by atoms with E-state index in [4.69, 9.17) is 4.74 Å². The Hall–Kier alpha value is -3.02. The molecule has 0 fully saturated rings. The highest BCUT2D eigenvalue weighted by atomic mass is 16.5. The Morgan fingerprint density at radius 1 is 1.12 bits per heavy atom. The van der Waals surface area contributed by atoms with E-state index in [2.05, 4.69) is 20.9 Å². The maximum atomic E-state index is 12.0. The number of anilines is 1. The lowest BCUT2D eigenvalue weighted by molar-refractivity contribution is -0.115. The van der Waals surface area contributed by atoms with Gasteiger partial charge in [-0.25, -0.2) is 0 Å². The van der Waals surface area contributed by atoms with Crippen LogP contribution in [-0.2, 0) is 4.79 Å². The summed E-state index contributed by atoms with van der Waals surface area (Å²) in [6.45, 7) is 4.70. The van der Waals surface area contributed by atoms with Gasteiger partial charge in [-0.1, -0.05) is 30.3 Å². The third-order valence-corrected chi connectivity index (χ3v) is 3.58. The molecule has 1 amide bonds. The zero-order valence-corrected chi connectivity index (χ0v) is 15.5. The van der Waals surface area contributed by atoms with Crippen LogP contribution in [0.3, 0.4) is 0 Å². The summed E-state index contributed by atoms with van der Waals surface area (Å²) in [6, 6.07) is 17.3. The number of para-hydroxylation sites is 1. The molecular weight excluding hydrogens is 328 g/mol. The molecule has 0 radical (unpaired) electrons. The molecule has 0 heterocycles. The molecule has 6 heteroatoms. The Morgan fingerprint density at radius 3 is 2.58 bits per heavy atom. The summed E-state index contributed by atoms with van der Waals surface area (Å²) >= 11 is 0. The van der Waals surface area contributed by atoms with E-state index in [1.807, 2.05) is 68.4 Å². The number of amides is 1. The van der Waals surface area contributed by atoms with Gasteiger partial charge < -0.3 is 20.7 Å². The van der Waals surface area contributed by atoms with Gasteiger partial charge >= 0.3 is 0 Å². The molecule has 0 spiro atoms. The van der Waals surface area contributed by atoms with E-state index in [1.54, 1.807) is 7.05 Å². The molecule has 0 saturated heterocycles. The molecule has 1 atom stereocenters. The first kappa shape index (κ1) is 19.3. The molecule has 2 rings (SSSR count). The fourth-order valence-corrected chi connectivity index (χ4v) is 2.31. The quantitative estimate of drug-likeness (QED) is 0.528. The monoisotopic (exact) mass is 354 g/mol. The normalized spacial score (nSPS) is 12.2. The van der Waals surface area contributed by atoms with E-state index >= 15 is 0 Å². The summed E-state index contributed by atoms with van der Waals surface area (Å²) in [5.41, 5.74) is 1.92. The second-order valence-electron chi connectivity index (χ2n) is 5.97. The first-order valence-electron chi connectivity index (χ1n) is 8.59. The van der Waals surface area contributed by atoms with Crippen molar-refractivity contribution in [3.8, 4) is 5.75 Å². The van der Waals surface area contributed by atoms with Gasteiger partial charge in [0, 0.05) is 12.7 Å². The van der Waals surface area contributed by atoms with Crippen molar-refractivity contribution in [3.05, 3.63) is 60.2 Å². The van der Waals surface area contributed by atoms with Gasteiger partial charge in [0.1, 0.15) is 11.9 Å². The van der Waals surface area contributed by atoms with Crippen molar-refractivity contribution in [2.24, 2.45) is 4.99 Å². The van der Waals surface area contributed by atoms with Crippen molar-refractivity contribution in [3.63, 3.8) is 0 Å². The summed E-state index contributed by atoms with van der Waals surface area (Å²) in [5, 5.41) is 8.96. The average molecular weight is 354 g/mol. The molecule has 0 saturated carbocycles. The average Bonchev–Trinajstić information content (AvgIpc) is 2.62. The molecule has 0 bridgehead atoms. The van der Waals surface area contributed by atoms with Gasteiger partial charge in [0.05, 0.1) is 13.1 Å². The first-order chi connectivity index (χ1) is 12.6. The SMILES string of the molecule is CN=C(NCC(=O)Nc1ccccc1)NCC(C)Oc1cccc(C)c1. The van der Waals surface area contributed by atoms with Crippen molar-refractivity contribution >= 4 is 17.6 Å². The van der Waals surface area contributed by atoms with Crippen LogP contribution in [0.15, 0.2) is 59.6 Å². The number of aliphatic imine (C=N–C) groups is 1. The highest BCUT2D eigenvalue weighted by molar-refractivity contribution is 5.94. The molecule has 0 aliphatic heterocycles. The number of carbonyl (C=O) groups excluding carboxylic acids is 1. The predicted molar refractivity (Wildman–Crippen MR) is 106 cm³/mol. The van der Waals surface area contributed by atoms with Crippen LogP contribution in [0, 0.1) is 6.92 Å². The lowest BCUT2D eigenvalue weighted by atomic mass is 10.2. The number of carbonyl (C=O) groups is 1. The smallest absolute Gasteiger partial charge is 0.243 e. The number of ether oxygens (including phenoxy) is 1. The fraction of sp³-hybridized carbons (Fsp3) is 0.300. The molecule has 0 aliphatic carbocycles. The molecule has 2 aromatic carbocycles. The first-order valence-corrected chi connectivity index (χ1v) is 8.59. The fourth-order valence-electron chi connectivity index (χ4n) is 2.31. The standard InChI is InChI=1S/C20H26N4O2/c1-15-8-7-11-18(12-15)26-16(2)13-22-20(21-3)23-14-19(25)24-17-9-5-4-6-10-17/h4-12,16H,13-14H2,1-3H3,(H,24,25)(H2,21,22,23). The highest BCUT2D eigenvalue weighted by Gasteiger charge is 2.07. The molecule has 0 aromatic heterocycles. The topological polar surface area (TPSA) is 74.8 Å². The highest BCUT2D eigenvalue weighted by Crippen LogP contribution is 2.13. The molecule has 2 aromatic rings. The molecule has 26 heavy (non-hydrogen) atoms. The zero-order valence-electron chi connectivity index (χ0n) is 15.5. The van der Waals surface area contributed by atoms with Crippen molar-refractivity contribution in [1.29, 1.82) is 0 Å². The number of hydrogen-bond donors (Lipinski definition) is 3. The van der Waals surface area contributed by atoms with Crippen molar-refractivity contribution < 1.29 is 9.53 Å². The van der Waals surface area contributed by atoms with Crippen LogP contribution in [0.1, 0.15) is 12.5 Å². The van der Waals surface area contributed by atoms with Gasteiger partial charge in [0.25, 0.3) is 0 Å². The van der Waals surface area contributed by atoms with Crippen LogP contribution in [0.4, 0.5) is 5.69 Å². The van der Waals surface area contributed by atoms with E-state index < -0.39 is 0 Å². The lowest BCUT2D eigenvalue weighted by Gasteiger charge is -2.18. The van der Waals surface area contributed by atoms with E-state index in [1.165, 1.54) is 0 Å². The molecule has 3 N–H and O–H groups in total. The summed E-state index contributed by atoms with van der Waals surface area (Å²) < 4.78 is 5.87. The van der Waals surface area contributed by atoms with Crippen molar-refractivity contribution in [2.45, 2.75) is 20.0 Å². The minimum atomic E-state index is -0.136. The zero-order chi connectivity index (χ0) is 18.8. The van der Waals surface area contributed by atoms with Crippen LogP contribution in [0.5, 0.6) is 5.75 Å². The van der Waals surface area contributed by atoms with Crippen LogP contribution >= 0.6 is 0 Å². The molecule has 138 valence electrons. The minimum Gasteiger partial charge on any atom is -0.489 e. The largest absolute Gasteiger partial charge is 0.489 e. The van der Waals surface area contributed by atoms with Gasteiger partial charge in [0.2, 0.25) is 5.91 Å². The summed E-state index contributed by atoms with van der Waals surface area (Å²) in [4.78, 5) is 16.1. The van der Waals surface area contributed by atoms with Gasteiger partial charge in [-0.15, -0.1) is 0 Å². The summed E-state index contributed by atoms with van der Waals surface area (Å²) in [7, 11) is 1.66. The number of guanidine groups is 1. The summed E-state index contributed by atoms with van der Waals surface area (Å²) in [6.07, 6.45) is -0.0477. The van der Waals surface area contributed by atoms with E-state index in [9.17, 15) is 4.79 Å². The van der Waals surface area contributed by atoms with E-state index in [0.717, 1.165) is 17.0 Å².